The Hall–Kier alpha value is -3.02. The molecule has 0 fully saturated rings. The minimum atomic E-state index is -0.221. The molecule has 0 bridgehead atoms. The molecular weight excluding hydrogens is 320 g/mol. The number of anilines is 1. The third kappa shape index (κ3) is 3.42. The van der Waals surface area contributed by atoms with Crippen LogP contribution < -0.4 is 19.7 Å². The molecule has 2 amide bonds. The van der Waals surface area contributed by atoms with E-state index in [9.17, 15) is 9.59 Å². The Balaban J connectivity index is 1.61. The monoisotopic (exact) mass is 340 g/mol. The molecule has 130 valence electrons. The molecule has 0 atom stereocenters. The first-order valence-corrected chi connectivity index (χ1v) is 8.02. The number of rotatable bonds is 6. The smallest absolute Gasteiger partial charge is 0.251 e. The highest BCUT2D eigenvalue weighted by atomic mass is 16.5. The van der Waals surface area contributed by atoms with Gasteiger partial charge in [0.2, 0.25) is 5.91 Å². The molecule has 0 spiro atoms. The molecule has 25 heavy (non-hydrogen) atoms. The van der Waals surface area contributed by atoms with Crippen molar-refractivity contribution in [2.24, 2.45) is 0 Å². The predicted octanol–water partition coefficient (Wildman–Crippen LogP) is 2.02. The average molecular weight is 340 g/mol. The topological polar surface area (TPSA) is 67.9 Å². The number of fused-ring (bicyclic) bond motifs is 1. The molecule has 1 heterocycles. The van der Waals surface area contributed by atoms with Crippen LogP contribution in [0.4, 0.5) is 5.69 Å². The minimum Gasteiger partial charge on any atom is -0.493 e. The molecule has 0 saturated heterocycles. The normalized spacial score (nSPS) is 12.7. The van der Waals surface area contributed by atoms with E-state index in [0.717, 1.165) is 11.3 Å². The Labute approximate surface area is 146 Å². The van der Waals surface area contributed by atoms with E-state index in [1.54, 1.807) is 30.2 Å². The summed E-state index contributed by atoms with van der Waals surface area (Å²) in [6, 6.07) is 12.7. The molecular formula is C19H20N2O4. The zero-order valence-corrected chi connectivity index (χ0v) is 14.2. The SMILES string of the molecule is COc1ccc(C(=O)NCCN2C(=O)Cc3ccccc32)cc1OC. The van der Waals surface area contributed by atoms with Gasteiger partial charge >= 0.3 is 0 Å². The van der Waals surface area contributed by atoms with Crippen LogP contribution >= 0.6 is 0 Å². The van der Waals surface area contributed by atoms with Gasteiger partial charge in [0.1, 0.15) is 0 Å². The van der Waals surface area contributed by atoms with Crippen LogP contribution in [-0.2, 0) is 11.2 Å². The lowest BCUT2D eigenvalue weighted by Crippen LogP contribution is -2.36. The van der Waals surface area contributed by atoms with E-state index in [2.05, 4.69) is 5.32 Å². The Bertz CT molecular complexity index is 804. The van der Waals surface area contributed by atoms with E-state index >= 15 is 0 Å². The van der Waals surface area contributed by atoms with Crippen LogP contribution in [0, 0.1) is 0 Å². The second-order valence-corrected chi connectivity index (χ2v) is 5.68. The quantitative estimate of drug-likeness (QED) is 0.874. The standard InChI is InChI=1S/C19H20N2O4/c1-24-16-8-7-14(11-17(16)25-2)19(23)20-9-10-21-15-6-4-3-5-13(15)12-18(21)22/h3-8,11H,9-10,12H2,1-2H3,(H,20,23). The molecule has 0 radical (unpaired) electrons. The number of carbonyl (C=O) groups excluding carboxylic acids is 2. The number of hydrogen-bond donors (Lipinski definition) is 1. The lowest BCUT2D eigenvalue weighted by atomic mass is 10.2. The van der Waals surface area contributed by atoms with Crippen molar-refractivity contribution in [1.82, 2.24) is 5.32 Å². The summed E-state index contributed by atoms with van der Waals surface area (Å²) in [5.74, 6) is 0.902. The molecule has 6 nitrogen and oxygen atoms in total. The van der Waals surface area contributed by atoms with Crippen LogP contribution in [-0.4, -0.2) is 39.1 Å². The molecule has 6 heteroatoms. The molecule has 0 unspecified atom stereocenters. The fourth-order valence-corrected chi connectivity index (χ4v) is 2.92. The van der Waals surface area contributed by atoms with Gasteiger partial charge in [0.05, 0.1) is 20.6 Å². The van der Waals surface area contributed by atoms with Crippen molar-refractivity contribution in [3.05, 3.63) is 53.6 Å². The maximum atomic E-state index is 12.3. The Morgan fingerprint density at radius 2 is 1.88 bits per heavy atom. The molecule has 2 aromatic rings. The first-order valence-electron chi connectivity index (χ1n) is 8.02. The molecule has 0 saturated carbocycles. The van der Waals surface area contributed by atoms with Crippen molar-refractivity contribution >= 4 is 17.5 Å². The van der Waals surface area contributed by atoms with Crippen LogP contribution in [0.3, 0.4) is 0 Å². The fraction of sp³-hybridized carbons (Fsp3) is 0.263. The maximum absolute atomic E-state index is 12.3. The number of carbonyl (C=O) groups is 2. The van der Waals surface area contributed by atoms with Gasteiger partial charge in [-0.25, -0.2) is 0 Å². The molecule has 0 aromatic heterocycles. The predicted molar refractivity (Wildman–Crippen MR) is 94.4 cm³/mol. The van der Waals surface area contributed by atoms with E-state index in [0.29, 0.717) is 36.6 Å². The van der Waals surface area contributed by atoms with Gasteiger partial charge in [0.25, 0.3) is 5.91 Å². The van der Waals surface area contributed by atoms with Gasteiger partial charge in [-0.1, -0.05) is 18.2 Å². The number of nitrogens with one attached hydrogen (secondary N) is 1. The van der Waals surface area contributed by atoms with Crippen LogP contribution in [0.15, 0.2) is 42.5 Å². The number of para-hydroxylation sites is 1. The molecule has 1 N–H and O–H groups in total. The van der Waals surface area contributed by atoms with E-state index in [-0.39, 0.29) is 11.8 Å². The summed E-state index contributed by atoms with van der Waals surface area (Å²) >= 11 is 0. The van der Waals surface area contributed by atoms with E-state index < -0.39 is 0 Å². The van der Waals surface area contributed by atoms with Crippen molar-refractivity contribution in [2.75, 3.05) is 32.2 Å². The third-order valence-corrected chi connectivity index (χ3v) is 4.19. The number of benzene rings is 2. The maximum Gasteiger partial charge on any atom is 0.251 e. The van der Waals surface area contributed by atoms with Crippen molar-refractivity contribution in [1.29, 1.82) is 0 Å². The third-order valence-electron chi connectivity index (χ3n) is 4.19. The second-order valence-electron chi connectivity index (χ2n) is 5.68. The number of methoxy groups -OCH3 is 2. The molecule has 3 rings (SSSR count). The summed E-state index contributed by atoms with van der Waals surface area (Å²) in [5.41, 5.74) is 2.43. The first kappa shape index (κ1) is 16.8. The highest BCUT2D eigenvalue weighted by molar-refractivity contribution is 6.01. The zero-order chi connectivity index (χ0) is 17.8. The number of amides is 2. The van der Waals surface area contributed by atoms with Crippen molar-refractivity contribution < 1.29 is 19.1 Å². The van der Waals surface area contributed by atoms with Gasteiger partial charge in [-0.05, 0) is 29.8 Å². The summed E-state index contributed by atoms with van der Waals surface area (Å²) in [6.45, 7) is 0.808. The van der Waals surface area contributed by atoms with Gasteiger partial charge in [0.15, 0.2) is 11.5 Å². The van der Waals surface area contributed by atoms with Crippen LogP contribution in [0.5, 0.6) is 11.5 Å². The van der Waals surface area contributed by atoms with Gasteiger partial charge in [-0.3, -0.25) is 9.59 Å². The van der Waals surface area contributed by atoms with Gasteiger partial charge in [-0.15, -0.1) is 0 Å². The van der Waals surface area contributed by atoms with Crippen LogP contribution in [0.2, 0.25) is 0 Å². The number of ether oxygens (including phenoxy) is 2. The van der Waals surface area contributed by atoms with Gasteiger partial charge < -0.3 is 19.7 Å². The largest absolute Gasteiger partial charge is 0.493 e. The Morgan fingerprint density at radius 3 is 2.64 bits per heavy atom. The lowest BCUT2D eigenvalue weighted by Gasteiger charge is -2.18. The molecule has 0 aliphatic carbocycles. The van der Waals surface area contributed by atoms with Crippen molar-refractivity contribution in [3.63, 3.8) is 0 Å². The zero-order valence-electron chi connectivity index (χ0n) is 14.2. The average Bonchev–Trinajstić information content (AvgIpc) is 2.96. The van der Waals surface area contributed by atoms with E-state index in [1.165, 1.54) is 7.11 Å². The van der Waals surface area contributed by atoms with Gasteiger partial charge in [-0.2, -0.15) is 0 Å². The summed E-state index contributed by atoms with van der Waals surface area (Å²) in [6.07, 6.45) is 0.416. The fourth-order valence-electron chi connectivity index (χ4n) is 2.92. The second kappa shape index (κ2) is 7.25. The van der Waals surface area contributed by atoms with Gasteiger partial charge in [0, 0.05) is 24.3 Å². The van der Waals surface area contributed by atoms with E-state index in [4.69, 9.17) is 9.47 Å². The highest BCUT2D eigenvalue weighted by Crippen LogP contribution is 2.28. The number of nitrogens with zero attached hydrogens (tertiary/aromatic N) is 1. The molecule has 1 aliphatic rings. The van der Waals surface area contributed by atoms with Crippen molar-refractivity contribution in [2.45, 2.75) is 6.42 Å². The lowest BCUT2D eigenvalue weighted by molar-refractivity contribution is -0.117. The molecule has 2 aromatic carbocycles. The Morgan fingerprint density at radius 1 is 1.12 bits per heavy atom. The summed E-state index contributed by atoms with van der Waals surface area (Å²) in [4.78, 5) is 26.1. The molecule has 1 aliphatic heterocycles. The summed E-state index contributed by atoms with van der Waals surface area (Å²) in [5, 5.41) is 2.84. The summed E-state index contributed by atoms with van der Waals surface area (Å²) < 4.78 is 10.4. The first-order chi connectivity index (χ1) is 12.1. The van der Waals surface area contributed by atoms with E-state index in [1.807, 2.05) is 24.3 Å². The summed E-state index contributed by atoms with van der Waals surface area (Å²) in [7, 11) is 3.07. The minimum absolute atomic E-state index is 0.0570. The Kier molecular flexibility index (Phi) is 4.88. The number of hydrogen-bond acceptors (Lipinski definition) is 4. The van der Waals surface area contributed by atoms with Crippen LogP contribution in [0.1, 0.15) is 15.9 Å². The van der Waals surface area contributed by atoms with Crippen LogP contribution in [0.25, 0.3) is 0 Å². The van der Waals surface area contributed by atoms with Crippen molar-refractivity contribution in [3.8, 4) is 11.5 Å². The highest BCUT2D eigenvalue weighted by Gasteiger charge is 2.26.